The van der Waals surface area contributed by atoms with Crippen molar-refractivity contribution in [1.29, 1.82) is 0 Å². The molecule has 5 nitrogen and oxygen atoms in total. The molecule has 2 aliphatic heterocycles. The van der Waals surface area contributed by atoms with Gasteiger partial charge < -0.3 is 10.2 Å². The first-order valence-electron chi connectivity index (χ1n) is 11.0. The van der Waals surface area contributed by atoms with E-state index in [2.05, 4.69) is 10.8 Å². The van der Waals surface area contributed by atoms with Crippen molar-refractivity contribution in [2.24, 2.45) is 0 Å². The summed E-state index contributed by atoms with van der Waals surface area (Å²) in [6.45, 7) is -1.15. The molecule has 2 unspecified atom stereocenters. The highest BCUT2D eigenvalue weighted by atomic mass is 32.1. The van der Waals surface area contributed by atoms with Crippen LogP contribution in [0, 0.1) is 0 Å². The Labute approximate surface area is 214 Å². The molecule has 38 heavy (non-hydrogen) atoms. The first-order chi connectivity index (χ1) is 17.5. The van der Waals surface area contributed by atoms with Crippen LogP contribution in [-0.2, 0) is 27.4 Å². The Bertz CT molecular complexity index is 1200. The number of hydrogen-bond acceptors (Lipinski definition) is 4. The summed E-state index contributed by atoms with van der Waals surface area (Å²) in [7, 11) is 0. The highest BCUT2D eigenvalue weighted by molar-refractivity contribution is 7.80. The van der Waals surface area contributed by atoms with E-state index in [1.807, 2.05) is 0 Å². The van der Waals surface area contributed by atoms with Gasteiger partial charge in [-0.25, -0.2) is 5.48 Å². The number of carbonyl (C=O) groups excluding carboxylic acids is 1. The summed E-state index contributed by atoms with van der Waals surface area (Å²) in [5.74, 6) is -0.437. The monoisotopic (exact) mass is 571 g/mol. The Morgan fingerprint density at radius 1 is 0.974 bits per heavy atom. The molecule has 0 aromatic heterocycles. The molecule has 2 N–H and O–H groups in total. The third kappa shape index (κ3) is 5.39. The van der Waals surface area contributed by atoms with Crippen LogP contribution < -0.4 is 15.7 Å². The van der Waals surface area contributed by atoms with Crippen LogP contribution in [0.1, 0.15) is 28.7 Å². The van der Waals surface area contributed by atoms with Crippen LogP contribution in [0.3, 0.4) is 0 Å². The normalized spacial score (nSPS) is 22.5. The average Bonchev–Trinajstić information content (AvgIpc) is 3.45. The highest BCUT2D eigenvalue weighted by Gasteiger charge is 2.60. The third-order valence-corrected chi connectivity index (χ3v) is 6.84. The number of benzene rings is 2. The molecule has 0 bridgehead atoms. The van der Waals surface area contributed by atoms with E-state index in [0.29, 0.717) is 5.56 Å². The average molecular weight is 571 g/mol. The molecule has 4 rings (SSSR count). The van der Waals surface area contributed by atoms with Gasteiger partial charge in [0.1, 0.15) is 23.1 Å². The number of nitrogens with one attached hydrogen (secondary N) is 2. The lowest BCUT2D eigenvalue weighted by Gasteiger charge is -2.33. The fraction of sp³-hybridized carbons (Fsp3) is 0.391. The molecule has 0 spiro atoms. The summed E-state index contributed by atoms with van der Waals surface area (Å²) in [4.78, 5) is 17.8. The number of anilines is 1. The summed E-state index contributed by atoms with van der Waals surface area (Å²) >= 11 is 5.23. The minimum absolute atomic E-state index is 0.0238. The maximum atomic E-state index is 14.4. The second-order valence-electron chi connectivity index (χ2n) is 8.90. The number of rotatable bonds is 4. The van der Waals surface area contributed by atoms with Crippen molar-refractivity contribution in [3.8, 4) is 0 Å². The SMILES string of the molecule is O=C1NOCC1NC(=S)c1ccc(N2CCC(c3cc(C(F)(F)F)cc(C(F)(F)F)c3)(C(F)(F)F)C2)cc1. The smallest absolute Gasteiger partial charge is 0.370 e. The lowest BCUT2D eigenvalue weighted by Crippen LogP contribution is -2.45. The Morgan fingerprint density at radius 3 is 2.03 bits per heavy atom. The van der Waals surface area contributed by atoms with Gasteiger partial charge in [-0.05, 0) is 54.4 Å². The molecule has 2 aromatic rings. The van der Waals surface area contributed by atoms with Crippen molar-refractivity contribution >= 4 is 28.8 Å². The molecule has 206 valence electrons. The molecular weight excluding hydrogens is 553 g/mol. The second kappa shape index (κ2) is 9.59. The van der Waals surface area contributed by atoms with Gasteiger partial charge >= 0.3 is 18.5 Å². The van der Waals surface area contributed by atoms with E-state index < -0.39 is 65.5 Å². The first kappa shape index (κ1) is 28.0. The van der Waals surface area contributed by atoms with Gasteiger partial charge in [-0.3, -0.25) is 9.63 Å². The number of thiocarbonyl (C=S) groups is 1. The highest BCUT2D eigenvalue weighted by Crippen LogP contribution is 2.50. The molecule has 0 aliphatic carbocycles. The van der Waals surface area contributed by atoms with E-state index >= 15 is 0 Å². The molecule has 0 saturated carbocycles. The third-order valence-electron chi connectivity index (χ3n) is 6.49. The minimum atomic E-state index is -5.28. The van der Waals surface area contributed by atoms with Crippen LogP contribution in [-0.4, -0.2) is 42.8 Å². The number of amides is 1. The topological polar surface area (TPSA) is 53.6 Å². The molecular formula is C23H18F9N3O2S. The zero-order chi connectivity index (χ0) is 28.1. The number of nitrogens with zero attached hydrogens (tertiary/aromatic N) is 1. The fourth-order valence-electron chi connectivity index (χ4n) is 4.41. The van der Waals surface area contributed by atoms with Crippen molar-refractivity contribution < 1.29 is 49.1 Å². The quantitative estimate of drug-likeness (QED) is 0.394. The van der Waals surface area contributed by atoms with Crippen molar-refractivity contribution in [2.75, 3.05) is 24.6 Å². The molecule has 15 heteroatoms. The maximum Gasteiger partial charge on any atom is 0.416 e. The van der Waals surface area contributed by atoms with E-state index in [-0.39, 0.29) is 42.0 Å². The summed E-state index contributed by atoms with van der Waals surface area (Å²) < 4.78 is 123. The van der Waals surface area contributed by atoms with Crippen LogP contribution in [0.4, 0.5) is 45.2 Å². The van der Waals surface area contributed by atoms with E-state index in [0.717, 1.165) is 0 Å². The Kier molecular flexibility index (Phi) is 7.06. The summed E-state index contributed by atoms with van der Waals surface area (Å²) in [6.07, 6.45) is -16.5. The number of alkyl halides is 9. The van der Waals surface area contributed by atoms with E-state index in [9.17, 15) is 44.3 Å². The van der Waals surface area contributed by atoms with Gasteiger partial charge in [-0.1, -0.05) is 12.2 Å². The standard InChI is InChI=1S/C23H18F9N3O2S/c24-21(25,26)14-7-13(8-15(9-14)22(27,28)29)20(23(30,31)32)5-6-35(11-20)16-3-1-12(2-4-16)19(38)33-17-10-37-34-18(17)36/h1-4,7-9,17H,5-6,10-11H2,(H,33,38)(H,34,36). The lowest BCUT2D eigenvalue weighted by molar-refractivity contribution is -0.185. The molecule has 1 amide bonds. The van der Waals surface area contributed by atoms with Gasteiger partial charge in [0.05, 0.1) is 11.1 Å². The summed E-state index contributed by atoms with van der Waals surface area (Å²) in [5, 5.41) is 2.77. The second-order valence-corrected chi connectivity index (χ2v) is 9.30. The van der Waals surface area contributed by atoms with Crippen molar-refractivity contribution in [3.05, 3.63) is 64.7 Å². The Morgan fingerprint density at radius 2 is 1.55 bits per heavy atom. The molecule has 2 atom stereocenters. The van der Waals surface area contributed by atoms with E-state index in [1.54, 1.807) is 0 Å². The Hall–Kier alpha value is -3.07. The largest absolute Gasteiger partial charge is 0.416 e. The van der Waals surface area contributed by atoms with Crippen LogP contribution >= 0.6 is 12.2 Å². The van der Waals surface area contributed by atoms with Crippen molar-refractivity contribution in [3.63, 3.8) is 0 Å². The molecule has 2 saturated heterocycles. The minimum Gasteiger partial charge on any atom is -0.370 e. The molecule has 2 fully saturated rings. The van der Waals surface area contributed by atoms with Gasteiger partial charge in [0.15, 0.2) is 0 Å². The number of hydrogen-bond donors (Lipinski definition) is 2. The molecule has 2 aromatic carbocycles. The Balaban J connectivity index is 1.63. The van der Waals surface area contributed by atoms with Gasteiger partial charge in [0.25, 0.3) is 5.91 Å². The van der Waals surface area contributed by atoms with Crippen LogP contribution in [0.15, 0.2) is 42.5 Å². The number of carbonyl (C=O) groups is 1. The van der Waals surface area contributed by atoms with Gasteiger partial charge in [-0.2, -0.15) is 39.5 Å². The predicted octanol–water partition coefficient (Wildman–Crippen LogP) is 5.13. The lowest BCUT2D eigenvalue weighted by atomic mass is 9.77. The van der Waals surface area contributed by atoms with E-state index in [1.165, 1.54) is 29.2 Å². The van der Waals surface area contributed by atoms with Gasteiger partial charge in [-0.15, -0.1) is 0 Å². The molecule has 2 aliphatic rings. The van der Waals surface area contributed by atoms with Crippen LogP contribution in [0.25, 0.3) is 0 Å². The van der Waals surface area contributed by atoms with Crippen molar-refractivity contribution in [1.82, 2.24) is 10.8 Å². The first-order valence-corrected chi connectivity index (χ1v) is 11.4. The zero-order valence-electron chi connectivity index (χ0n) is 19.0. The molecule has 0 radical (unpaired) electrons. The maximum absolute atomic E-state index is 14.4. The number of halogens is 9. The van der Waals surface area contributed by atoms with Gasteiger partial charge in [0.2, 0.25) is 0 Å². The van der Waals surface area contributed by atoms with Crippen LogP contribution in [0.5, 0.6) is 0 Å². The van der Waals surface area contributed by atoms with Crippen LogP contribution in [0.2, 0.25) is 0 Å². The van der Waals surface area contributed by atoms with E-state index in [4.69, 9.17) is 17.1 Å². The fourth-order valence-corrected chi connectivity index (χ4v) is 4.69. The summed E-state index contributed by atoms with van der Waals surface area (Å²) in [6, 6.07) is 5.14. The van der Waals surface area contributed by atoms with Crippen molar-refractivity contribution in [2.45, 2.75) is 36.4 Å². The molecule has 2 heterocycles. The zero-order valence-corrected chi connectivity index (χ0v) is 19.8. The number of hydroxylamine groups is 1. The predicted molar refractivity (Wildman–Crippen MR) is 120 cm³/mol. The van der Waals surface area contributed by atoms with Gasteiger partial charge in [0, 0.05) is 24.3 Å². The summed E-state index contributed by atoms with van der Waals surface area (Å²) in [5.41, 5.74) is -4.86.